The molecule has 1 unspecified atom stereocenters. The number of pyridine rings is 1. The fourth-order valence-corrected chi connectivity index (χ4v) is 3.80. The highest BCUT2D eigenvalue weighted by Crippen LogP contribution is 2.49. The smallest absolute Gasteiger partial charge is 0.253 e. The van der Waals surface area contributed by atoms with E-state index in [1.165, 1.54) is 5.56 Å². The average molecular weight is 286 g/mol. The number of fused-ring (bicyclic) bond motifs is 7. The van der Waals surface area contributed by atoms with Crippen molar-refractivity contribution in [2.75, 3.05) is 0 Å². The first-order chi connectivity index (χ1) is 9.72. The molecule has 5 rings (SSSR count). The second-order valence-electron chi connectivity index (χ2n) is 5.85. The number of nitrogens with zero attached hydrogens (tertiary/aromatic N) is 1. The van der Waals surface area contributed by atoms with Gasteiger partial charge in [-0.25, -0.2) is 4.98 Å². The molecule has 20 heavy (non-hydrogen) atoms. The number of carbonyl (C=O) groups is 1. The lowest BCUT2D eigenvalue weighted by molar-refractivity contribution is 0.0943. The molecule has 0 bridgehead atoms. The Kier molecular flexibility index (Phi) is 1.88. The summed E-state index contributed by atoms with van der Waals surface area (Å²) < 4.78 is 0. The van der Waals surface area contributed by atoms with Gasteiger partial charge in [0, 0.05) is 29.4 Å². The van der Waals surface area contributed by atoms with E-state index in [-0.39, 0.29) is 5.91 Å². The first-order valence-corrected chi connectivity index (χ1v) is 7.30. The summed E-state index contributed by atoms with van der Waals surface area (Å²) in [5.41, 5.74) is 6.54. The number of hydrogen-bond acceptors (Lipinski definition) is 2. The van der Waals surface area contributed by atoms with Gasteiger partial charge in [0.05, 0.1) is 11.3 Å². The van der Waals surface area contributed by atoms with Gasteiger partial charge in [-0.15, -0.1) is 0 Å². The lowest BCUT2D eigenvalue weighted by atomic mass is 9.89. The molecule has 0 spiro atoms. The summed E-state index contributed by atoms with van der Waals surface area (Å²) in [6.45, 7) is 0. The van der Waals surface area contributed by atoms with Gasteiger partial charge in [-0.05, 0) is 36.5 Å². The van der Waals surface area contributed by atoms with E-state index in [1.807, 2.05) is 12.3 Å². The Morgan fingerprint density at radius 3 is 3.15 bits per heavy atom. The average Bonchev–Trinajstić information content (AvgIpc) is 3.09. The van der Waals surface area contributed by atoms with Crippen molar-refractivity contribution in [1.82, 2.24) is 15.3 Å². The molecular formula is C15H12ClN3O. The number of rotatable bonds is 0. The molecule has 0 saturated heterocycles. The molecule has 2 aliphatic carbocycles. The minimum absolute atomic E-state index is 0.0832. The molecule has 100 valence electrons. The Balaban J connectivity index is 1.79. The molecule has 2 aromatic rings. The van der Waals surface area contributed by atoms with Gasteiger partial charge < -0.3 is 10.3 Å². The van der Waals surface area contributed by atoms with Crippen molar-refractivity contribution >= 4 is 17.5 Å². The summed E-state index contributed by atoms with van der Waals surface area (Å²) in [6.07, 6.45) is 4.71. The van der Waals surface area contributed by atoms with Gasteiger partial charge in [-0.2, -0.15) is 0 Å². The molecule has 2 atom stereocenters. The fraction of sp³-hybridized carbons (Fsp3) is 0.333. The minimum Gasteiger partial charge on any atom is -0.357 e. The topological polar surface area (TPSA) is 57.8 Å². The van der Waals surface area contributed by atoms with Crippen molar-refractivity contribution in [2.45, 2.75) is 31.2 Å². The summed E-state index contributed by atoms with van der Waals surface area (Å²) in [5.74, 6) is 0.564. The summed E-state index contributed by atoms with van der Waals surface area (Å²) in [4.78, 5) is 19.9. The van der Waals surface area contributed by atoms with Crippen LogP contribution in [0.5, 0.6) is 0 Å². The van der Waals surface area contributed by atoms with Crippen LogP contribution in [0.2, 0.25) is 5.15 Å². The van der Waals surface area contributed by atoms with E-state index in [4.69, 9.17) is 11.6 Å². The van der Waals surface area contributed by atoms with Crippen molar-refractivity contribution < 1.29 is 4.79 Å². The van der Waals surface area contributed by atoms with Crippen LogP contribution in [0, 0.1) is 0 Å². The SMILES string of the molecule is O=C1N[C@H]2CC2c2[nH]c3c(c21)CCc1cnc(Cl)cc1-3. The molecule has 5 heteroatoms. The quantitative estimate of drug-likeness (QED) is 0.731. The Hall–Kier alpha value is -1.81. The predicted molar refractivity (Wildman–Crippen MR) is 75.1 cm³/mol. The van der Waals surface area contributed by atoms with Crippen molar-refractivity contribution in [3.63, 3.8) is 0 Å². The van der Waals surface area contributed by atoms with Gasteiger partial charge in [0.2, 0.25) is 0 Å². The number of aromatic nitrogens is 2. The molecule has 1 saturated carbocycles. The van der Waals surface area contributed by atoms with Crippen LogP contribution in [0.15, 0.2) is 12.3 Å². The Labute approximate surface area is 120 Å². The first kappa shape index (κ1) is 10.9. The molecule has 3 aliphatic rings. The highest BCUT2D eigenvalue weighted by atomic mass is 35.5. The highest BCUT2D eigenvalue weighted by molar-refractivity contribution is 6.29. The fourth-order valence-electron chi connectivity index (χ4n) is 3.64. The summed E-state index contributed by atoms with van der Waals surface area (Å²) >= 11 is 6.03. The van der Waals surface area contributed by atoms with E-state index in [2.05, 4.69) is 15.3 Å². The number of nitrogens with one attached hydrogen (secondary N) is 2. The van der Waals surface area contributed by atoms with E-state index < -0.39 is 0 Å². The molecule has 1 fully saturated rings. The van der Waals surface area contributed by atoms with Gasteiger partial charge in [0.25, 0.3) is 5.91 Å². The second-order valence-corrected chi connectivity index (χ2v) is 6.24. The normalized spacial score (nSPS) is 25.1. The third-order valence-electron chi connectivity index (χ3n) is 4.70. The summed E-state index contributed by atoms with van der Waals surface area (Å²) in [7, 11) is 0. The Bertz CT molecular complexity index is 780. The van der Waals surface area contributed by atoms with Crippen molar-refractivity contribution in [3.8, 4) is 11.3 Å². The van der Waals surface area contributed by atoms with Crippen LogP contribution < -0.4 is 5.32 Å². The third-order valence-corrected chi connectivity index (χ3v) is 4.91. The molecule has 1 aliphatic heterocycles. The van der Waals surface area contributed by atoms with E-state index in [1.54, 1.807) is 0 Å². The maximum atomic E-state index is 12.3. The zero-order valence-corrected chi connectivity index (χ0v) is 11.4. The molecule has 0 radical (unpaired) electrons. The zero-order chi connectivity index (χ0) is 13.4. The Morgan fingerprint density at radius 2 is 2.25 bits per heavy atom. The number of aryl methyl sites for hydroxylation is 1. The Morgan fingerprint density at radius 1 is 1.35 bits per heavy atom. The van der Waals surface area contributed by atoms with Crippen LogP contribution >= 0.6 is 11.6 Å². The summed E-state index contributed by atoms with van der Waals surface area (Å²) in [6, 6.07) is 2.25. The monoisotopic (exact) mass is 285 g/mol. The lowest BCUT2D eigenvalue weighted by Gasteiger charge is -2.17. The molecule has 0 aromatic carbocycles. The van der Waals surface area contributed by atoms with Crippen molar-refractivity contribution in [1.29, 1.82) is 0 Å². The molecule has 4 nitrogen and oxygen atoms in total. The van der Waals surface area contributed by atoms with Crippen LogP contribution in [-0.4, -0.2) is 21.9 Å². The van der Waals surface area contributed by atoms with E-state index in [9.17, 15) is 4.79 Å². The molecule has 3 heterocycles. The number of aromatic amines is 1. The standard InChI is InChI=1S/C15H12ClN3O/c16-11-4-8-6(5-17-11)1-2-7-12-14(19-13(7)8)9-3-10(9)18-15(12)20/h4-5,9-10,19H,1-3H2,(H,18,20)/t9?,10-/m0/s1. The molecule has 2 N–H and O–H groups in total. The van der Waals surface area contributed by atoms with Gasteiger partial charge in [-0.3, -0.25) is 4.79 Å². The van der Waals surface area contributed by atoms with E-state index >= 15 is 0 Å². The molecule has 2 aromatic heterocycles. The van der Waals surface area contributed by atoms with Gasteiger partial charge in [0.15, 0.2) is 0 Å². The van der Waals surface area contributed by atoms with E-state index in [0.29, 0.717) is 17.1 Å². The predicted octanol–water partition coefficient (Wildman–Crippen LogP) is 2.43. The highest BCUT2D eigenvalue weighted by Gasteiger charge is 2.48. The lowest BCUT2D eigenvalue weighted by Crippen LogP contribution is -2.31. The number of H-pyrrole nitrogens is 1. The third kappa shape index (κ3) is 1.27. The van der Waals surface area contributed by atoms with Crippen LogP contribution in [0.4, 0.5) is 0 Å². The first-order valence-electron chi connectivity index (χ1n) is 6.93. The van der Waals surface area contributed by atoms with Crippen molar-refractivity contribution in [3.05, 3.63) is 39.8 Å². The number of halogens is 1. The van der Waals surface area contributed by atoms with Gasteiger partial charge in [-0.1, -0.05) is 11.6 Å². The van der Waals surface area contributed by atoms with Crippen LogP contribution in [0.3, 0.4) is 0 Å². The van der Waals surface area contributed by atoms with Crippen molar-refractivity contribution in [2.24, 2.45) is 0 Å². The van der Waals surface area contributed by atoms with Crippen LogP contribution in [0.1, 0.15) is 39.5 Å². The van der Waals surface area contributed by atoms with Gasteiger partial charge >= 0.3 is 0 Å². The molecule has 1 amide bonds. The maximum Gasteiger partial charge on any atom is 0.253 e. The maximum absolute atomic E-state index is 12.3. The zero-order valence-electron chi connectivity index (χ0n) is 10.7. The number of carbonyl (C=O) groups excluding carboxylic acids is 1. The van der Waals surface area contributed by atoms with E-state index in [0.717, 1.165) is 47.3 Å². The van der Waals surface area contributed by atoms with Gasteiger partial charge in [0.1, 0.15) is 5.15 Å². The molecular weight excluding hydrogens is 274 g/mol. The largest absolute Gasteiger partial charge is 0.357 e. The van der Waals surface area contributed by atoms with Crippen LogP contribution in [0.25, 0.3) is 11.3 Å². The second kappa shape index (κ2) is 3.44. The summed E-state index contributed by atoms with van der Waals surface area (Å²) in [5, 5.41) is 3.58. The number of hydrogen-bond donors (Lipinski definition) is 2. The number of amides is 1. The van der Waals surface area contributed by atoms with Crippen LogP contribution in [-0.2, 0) is 12.8 Å². The minimum atomic E-state index is 0.0832.